The molecule has 1 N–H and O–H groups in total. The third kappa shape index (κ3) is 4.51. The van der Waals surface area contributed by atoms with E-state index in [4.69, 9.17) is 9.26 Å². The number of alkyl halides is 3. The first-order chi connectivity index (χ1) is 16.5. The van der Waals surface area contributed by atoms with Crippen LogP contribution in [0.5, 0.6) is 11.5 Å². The van der Waals surface area contributed by atoms with Crippen LogP contribution in [0.4, 0.5) is 18.0 Å². The monoisotopic (exact) mass is 502 g/mol. The molecular weight excluding hydrogens is 485 g/mol. The second kappa shape index (κ2) is 8.19. The van der Waals surface area contributed by atoms with E-state index < -0.39 is 28.7 Å². The molecule has 0 saturated carbocycles. The molecular formula is C24H17F3N2O5S. The van der Waals surface area contributed by atoms with Crippen molar-refractivity contribution >= 4 is 29.0 Å². The van der Waals surface area contributed by atoms with Crippen molar-refractivity contribution in [2.45, 2.75) is 25.6 Å². The highest BCUT2D eigenvalue weighted by molar-refractivity contribution is 8.18. The van der Waals surface area contributed by atoms with Crippen molar-refractivity contribution in [3.63, 3.8) is 0 Å². The Labute approximate surface area is 201 Å². The standard InChI is InChI=1S/C24H17F3N2O5S/c1-23(2)11-32-20-15(9-13(10-16(20)23)17-5-6-28-34-17)14-7-12(3-4-18(14)33-24(25,26)27)8-19-21(30)29-22(31)35-19/h3-10H,11H2,1-2H3,(H,29,30,31). The number of nitrogens with zero attached hydrogens (tertiary/aromatic N) is 1. The van der Waals surface area contributed by atoms with Gasteiger partial charge in [0.1, 0.15) is 11.5 Å². The van der Waals surface area contributed by atoms with Gasteiger partial charge in [-0.25, -0.2) is 0 Å². The van der Waals surface area contributed by atoms with Crippen molar-refractivity contribution in [3.8, 4) is 33.9 Å². The number of amides is 2. The Morgan fingerprint density at radius 2 is 1.94 bits per heavy atom. The third-order valence-electron chi connectivity index (χ3n) is 5.58. The smallest absolute Gasteiger partial charge is 0.492 e. The number of nitrogens with one attached hydrogen (secondary N) is 1. The molecule has 11 heteroatoms. The molecule has 1 saturated heterocycles. The van der Waals surface area contributed by atoms with Gasteiger partial charge in [0.2, 0.25) is 0 Å². The van der Waals surface area contributed by atoms with Gasteiger partial charge < -0.3 is 14.0 Å². The van der Waals surface area contributed by atoms with E-state index in [2.05, 4.69) is 15.2 Å². The van der Waals surface area contributed by atoms with Crippen LogP contribution < -0.4 is 14.8 Å². The van der Waals surface area contributed by atoms with Crippen LogP contribution >= 0.6 is 11.8 Å². The van der Waals surface area contributed by atoms with E-state index in [9.17, 15) is 22.8 Å². The first-order valence-electron chi connectivity index (χ1n) is 10.4. The van der Waals surface area contributed by atoms with E-state index in [0.29, 0.717) is 46.6 Å². The Morgan fingerprint density at radius 1 is 1.14 bits per heavy atom. The number of carbonyl (C=O) groups excluding carboxylic acids is 2. The van der Waals surface area contributed by atoms with Crippen LogP contribution in [0.15, 0.2) is 52.0 Å². The van der Waals surface area contributed by atoms with Crippen molar-refractivity contribution in [1.82, 2.24) is 10.5 Å². The lowest BCUT2D eigenvalue weighted by Gasteiger charge is -2.19. The molecule has 0 atom stereocenters. The average Bonchev–Trinajstić information content (AvgIpc) is 3.48. The Hall–Kier alpha value is -3.73. The first kappa shape index (κ1) is 23.0. The molecule has 0 unspecified atom stereocenters. The van der Waals surface area contributed by atoms with Crippen LogP contribution in [0.1, 0.15) is 25.0 Å². The zero-order valence-corrected chi connectivity index (χ0v) is 19.2. The lowest BCUT2D eigenvalue weighted by molar-refractivity contribution is -0.274. The minimum Gasteiger partial charge on any atom is -0.492 e. The molecule has 2 amide bonds. The number of ether oxygens (including phenoxy) is 2. The summed E-state index contributed by atoms with van der Waals surface area (Å²) in [5.41, 5.74) is 1.84. The van der Waals surface area contributed by atoms with Crippen LogP contribution in [0.3, 0.4) is 0 Å². The molecule has 1 fully saturated rings. The maximum absolute atomic E-state index is 13.3. The van der Waals surface area contributed by atoms with Crippen LogP contribution in [0.25, 0.3) is 28.5 Å². The van der Waals surface area contributed by atoms with Gasteiger partial charge in [-0.05, 0) is 47.7 Å². The molecule has 0 radical (unpaired) electrons. The molecule has 2 aliphatic heterocycles. The van der Waals surface area contributed by atoms with E-state index in [1.165, 1.54) is 30.5 Å². The lowest BCUT2D eigenvalue weighted by Crippen LogP contribution is -2.18. The summed E-state index contributed by atoms with van der Waals surface area (Å²) in [6.07, 6.45) is -2.04. The maximum Gasteiger partial charge on any atom is 0.573 e. The highest BCUT2D eigenvalue weighted by Crippen LogP contribution is 2.49. The highest BCUT2D eigenvalue weighted by Gasteiger charge is 2.37. The SMILES string of the molecule is CC1(C)COc2c(-c3cc(C=C4SC(=O)NC4=O)ccc3OC(F)(F)F)cc(-c3ccno3)cc21. The molecule has 35 heavy (non-hydrogen) atoms. The highest BCUT2D eigenvalue weighted by atomic mass is 32.2. The molecule has 2 aromatic carbocycles. The van der Waals surface area contributed by atoms with Gasteiger partial charge in [0, 0.05) is 33.7 Å². The normalized spacial score (nSPS) is 17.9. The van der Waals surface area contributed by atoms with Gasteiger partial charge in [0.25, 0.3) is 11.1 Å². The number of hydrogen-bond acceptors (Lipinski definition) is 7. The van der Waals surface area contributed by atoms with E-state index in [1.807, 2.05) is 19.9 Å². The Balaban J connectivity index is 1.72. The van der Waals surface area contributed by atoms with Gasteiger partial charge >= 0.3 is 6.36 Å². The number of halogens is 3. The fourth-order valence-corrected chi connectivity index (χ4v) is 4.64. The number of hydrogen-bond donors (Lipinski definition) is 1. The lowest BCUT2D eigenvalue weighted by atomic mass is 9.83. The van der Waals surface area contributed by atoms with Gasteiger partial charge in [0.15, 0.2) is 5.76 Å². The minimum absolute atomic E-state index is 0.0988. The summed E-state index contributed by atoms with van der Waals surface area (Å²) in [4.78, 5) is 23.6. The second-order valence-corrected chi connectivity index (χ2v) is 9.62. The molecule has 2 aliphatic rings. The minimum atomic E-state index is -4.94. The predicted octanol–water partition coefficient (Wildman–Crippen LogP) is 5.90. The molecule has 7 nitrogen and oxygen atoms in total. The molecule has 0 spiro atoms. The predicted molar refractivity (Wildman–Crippen MR) is 122 cm³/mol. The topological polar surface area (TPSA) is 90.7 Å². The van der Waals surface area contributed by atoms with Gasteiger partial charge in [0.05, 0.1) is 17.7 Å². The average molecular weight is 502 g/mol. The van der Waals surface area contributed by atoms with E-state index in [1.54, 1.807) is 12.1 Å². The summed E-state index contributed by atoms with van der Waals surface area (Å²) in [5.74, 6) is -0.149. The summed E-state index contributed by atoms with van der Waals surface area (Å²) >= 11 is 0.711. The molecule has 0 aliphatic carbocycles. The van der Waals surface area contributed by atoms with Crippen LogP contribution in [0.2, 0.25) is 0 Å². The van der Waals surface area contributed by atoms with Crippen molar-refractivity contribution in [2.24, 2.45) is 0 Å². The van der Waals surface area contributed by atoms with E-state index >= 15 is 0 Å². The van der Waals surface area contributed by atoms with Gasteiger partial charge in [-0.3, -0.25) is 14.9 Å². The Kier molecular flexibility index (Phi) is 5.39. The van der Waals surface area contributed by atoms with Crippen LogP contribution in [-0.4, -0.2) is 29.3 Å². The number of rotatable bonds is 4. The first-order valence-corrected chi connectivity index (χ1v) is 11.2. The van der Waals surface area contributed by atoms with Crippen molar-refractivity contribution in [2.75, 3.05) is 6.61 Å². The zero-order valence-electron chi connectivity index (χ0n) is 18.4. The quantitative estimate of drug-likeness (QED) is 0.444. The summed E-state index contributed by atoms with van der Waals surface area (Å²) in [5, 5.41) is 5.35. The Bertz CT molecular complexity index is 1380. The number of benzene rings is 2. The number of imide groups is 1. The van der Waals surface area contributed by atoms with Crippen molar-refractivity contribution in [1.29, 1.82) is 0 Å². The van der Waals surface area contributed by atoms with Gasteiger partial charge in [-0.2, -0.15) is 0 Å². The zero-order chi connectivity index (χ0) is 25.0. The summed E-state index contributed by atoms with van der Waals surface area (Å²) < 4.78 is 55.4. The Morgan fingerprint density at radius 3 is 2.60 bits per heavy atom. The van der Waals surface area contributed by atoms with Crippen LogP contribution in [-0.2, 0) is 10.2 Å². The molecule has 0 bridgehead atoms. The fourth-order valence-electron chi connectivity index (χ4n) is 3.96. The summed E-state index contributed by atoms with van der Waals surface area (Å²) in [6, 6.07) is 9.17. The summed E-state index contributed by atoms with van der Waals surface area (Å²) in [7, 11) is 0. The van der Waals surface area contributed by atoms with E-state index in [0.717, 1.165) is 5.56 Å². The molecule has 3 aromatic rings. The number of carbonyl (C=O) groups is 2. The van der Waals surface area contributed by atoms with Crippen molar-refractivity contribution in [3.05, 3.63) is 58.6 Å². The van der Waals surface area contributed by atoms with Crippen molar-refractivity contribution < 1.29 is 36.8 Å². The number of fused-ring (bicyclic) bond motifs is 1. The second-order valence-electron chi connectivity index (χ2n) is 8.61. The molecule has 180 valence electrons. The fraction of sp³-hybridized carbons (Fsp3) is 0.208. The number of thioether (sulfide) groups is 1. The largest absolute Gasteiger partial charge is 0.573 e. The van der Waals surface area contributed by atoms with Gasteiger partial charge in [-0.1, -0.05) is 25.1 Å². The van der Waals surface area contributed by atoms with Crippen LogP contribution in [0, 0.1) is 0 Å². The molecule has 1 aromatic heterocycles. The molecule has 3 heterocycles. The number of aromatic nitrogens is 1. The molecule has 5 rings (SSSR count). The maximum atomic E-state index is 13.3. The van der Waals surface area contributed by atoms with E-state index in [-0.39, 0.29) is 10.5 Å². The summed E-state index contributed by atoms with van der Waals surface area (Å²) in [6.45, 7) is 4.26. The third-order valence-corrected chi connectivity index (χ3v) is 6.39. The van der Waals surface area contributed by atoms with Gasteiger partial charge in [-0.15, -0.1) is 13.2 Å².